The minimum Gasteiger partial charge on any atom is -0.467 e. The highest BCUT2D eigenvalue weighted by molar-refractivity contribution is 5.89. The summed E-state index contributed by atoms with van der Waals surface area (Å²) in [5.41, 5.74) is 1.72. The molecule has 7 heteroatoms. The van der Waals surface area contributed by atoms with Gasteiger partial charge in [-0.1, -0.05) is 93.3 Å². The maximum absolute atomic E-state index is 13.1. The summed E-state index contributed by atoms with van der Waals surface area (Å²) in [7, 11) is 1.30. The van der Waals surface area contributed by atoms with Gasteiger partial charge < -0.3 is 20.1 Å². The molecule has 0 bridgehead atoms. The first-order valence-corrected chi connectivity index (χ1v) is 11.4. The highest BCUT2D eigenvalue weighted by Crippen LogP contribution is 2.09. The number of alkyl carbamates (subject to hydrolysis) is 1. The molecule has 7 nitrogen and oxygen atoms in total. The van der Waals surface area contributed by atoms with E-state index >= 15 is 0 Å². The quantitative estimate of drug-likeness (QED) is 0.350. The number of amides is 2. The molecule has 0 unspecified atom stereocenters. The Balaban J connectivity index is 2.04. The molecule has 0 aliphatic heterocycles. The summed E-state index contributed by atoms with van der Waals surface area (Å²) in [6, 6.07) is 17.0. The van der Waals surface area contributed by atoms with Crippen molar-refractivity contribution in [2.24, 2.45) is 0 Å². The maximum atomic E-state index is 13.1. The molecule has 0 saturated heterocycles. The van der Waals surface area contributed by atoms with Crippen LogP contribution in [0.5, 0.6) is 0 Å². The van der Waals surface area contributed by atoms with Gasteiger partial charge in [-0.25, -0.2) is 9.59 Å². The first kappa shape index (κ1) is 25.9. The van der Waals surface area contributed by atoms with Crippen molar-refractivity contribution in [1.29, 1.82) is 0 Å². The minimum atomic E-state index is -0.904. The molecule has 0 fully saturated rings. The van der Waals surface area contributed by atoms with E-state index < -0.39 is 30.1 Å². The number of hydrogen-bond donors (Lipinski definition) is 2. The zero-order valence-electron chi connectivity index (χ0n) is 19.4. The molecule has 0 aromatic heterocycles. The Kier molecular flexibility index (Phi) is 11.5. The van der Waals surface area contributed by atoms with Gasteiger partial charge in [-0.15, -0.1) is 0 Å². The van der Waals surface area contributed by atoms with E-state index in [1.54, 1.807) is 0 Å². The van der Waals surface area contributed by atoms with Crippen LogP contribution in [0.1, 0.15) is 50.2 Å². The number of rotatable bonds is 13. The van der Waals surface area contributed by atoms with Gasteiger partial charge in [0.05, 0.1) is 7.11 Å². The molecule has 0 saturated carbocycles. The van der Waals surface area contributed by atoms with Crippen molar-refractivity contribution in [1.82, 2.24) is 10.6 Å². The monoisotopic (exact) mass is 454 g/mol. The van der Waals surface area contributed by atoms with E-state index in [1.807, 2.05) is 60.7 Å². The SMILES string of the molecule is CCCCCC[C@@H](NC(=O)[C@@H](Cc1ccccc1)NC(=O)OCc1ccccc1)C(=O)OC. The van der Waals surface area contributed by atoms with Gasteiger partial charge in [0.1, 0.15) is 18.7 Å². The molecule has 2 aromatic carbocycles. The number of esters is 1. The molecule has 2 atom stereocenters. The summed E-state index contributed by atoms with van der Waals surface area (Å²) >= 11 is 0. The smallest absolute Gasteiger partial charge is 0.408 e. The number of carbonyl (C=O) groups is 3. The Hall–Kier alpha value is -3.35. The zero-order chi connectivity index (χ0) is 23.9. The summed E-state index contributed by atoms with van der Waals surface area (Å²) in [6.45, 7) is 2.20. The van der Waals surface area contributed by atoms with E-state index in [0.29, 0.717) is 6.42 Å². The second kappa shape index (κ2) is 14.7. The fraction of sp³-hybridized carbons (Fsp3) is 0.423. The Morgan fingerprint density at radius 2 is 1.45 bits per heavy atom. The van der Waals surface area contributed by atoms with Crippen LogP contribution in [0.15, 0.2) is 60.7 Å². The molecule has 2 N–H and O–H groups in total. The molecule has 0 spiro atoms. The van der Waals surface area contributed by atoms with Gasteiger partial charge in [0, 0.05) is 6.42 Å². The van der Waals surface area contributed by atoms with E-state index in [-0.39, 0.29) is 13.0 Å². The van der Waals surface area contributed by atoms with Crippen molar-refractivity contribution in [2.45, 2.75) is 64.1 Å². The second-order valence-electron chi connectivity index (χ2n) is 7.88. The van der Waals surface area contributed by atoms with Gasteiger partial charge in [-0.2, -0.15) is 0 Å². The van der Waals surface area contributed by atoms with Crippen molar-refractivity contribution < 1.29 is 23.9 Å². The van der Waals surface area contributed by atoms with Gasteiger partial charge in [0.2, 0.25) is 5.91 Å². The van der Waals surface area contributed by atoms with Crippen LogP contribution in [0, 0.1) is 0 Å². The standard InChI is InChI=1S/C26H34N2O5/c1-3-4-5-12-17-22(25(30)32-2)27-24(29)23(18-20-13-8-6-9-14-20)28-26(31)33-19-21-15-10-7-11-16-21/h6-11,13-16,22-23H,3-5,12,17-19H2,1-2H3,(H,27,29)(H,28,31)/t22-,23-/m1/s1. The highest BCUT2D eigenvalue weighted by Gasteiger charge is 2.27. The van der Waals surface area contributed by atoms with Crippen molar-refractivity contribution >= 4 is 18.0 Å². The minimum absolute atomic E-state index is 0.0918. The molecule has 0 radical (unpaired) electrons. The molecule has 0 heterocycles. The Labute approximate surface area is 195 Å². The molecule has 178 valence electrons. The van der Waals surface area contributed by atoms with Gasteiger partial charge >= 0.3 is 12.1 Å². The van der Waals surface area contributed by atoms with Crippen LogP contribution >= 0.6 is 0 Å². The first-order valence-electron chi connectivity index (χ1n) is 11.4. The van der Waals surface area contributed by atoms with Crippen LogP contribution in [0.25, 0.3) is 0 Å². The third-order valence-electron chi connectivity index (χ3n) is 5.25. The predicted molar refractivity (Wildman–Crippen MR) is 126 cm³/mol. The van der Waals surface area contributed by atoms with E-state index in [4.69, 9.17) is 9.47 Å². The topological polar surface area (TPSA) is 93.7 Å². The molecule has 2 rings (SSSR count). The maximum Gasteiger partial charge on any atom is 0.408 e. The third-order valence-corrected chi connectivity index (χ3v) is 5.25. The Morgan fingerprint density at radius 1 is 0.818 bits per heavy atom. The first-order chi connectivity index (χ1) is 16.0. The number of carbonyl (C=O) groups excluding carboxylic acids is 3. The third kappa shape index (κ3) is 9.76. The van der Waals surface area contributed by atoms with E-state index in [9.17, 15) is 14.4 Å². The average molecular weight is 455 g/mol. The summed E-state index contributed by atoms with van der Waals surface area (Å²) < 4.78 is 10.2. The van der Waals surface area contributed by atoms with Crippen LogP contribution < -0.4 is 10.6 Å². The number of hydrogen-bond acceptors (Lipinski definition) is 5. The van der Waals surface area contributed by atoms with E-state index in [0.717, 1.165) is 36.8 Å². The Morgan fingerprint density at radius 3 is 2.06 bits per heavy atom. The molecule has 2 aromatic rings. The summed E-state index contributed by atoms with van der Waals surface area (Å²) in [5, 5.41) is 5.41. The van der Waals surface area contributed by atoms with E-state index in [2.05, 4.69) is 17.6 Å². The second-order valence-corrected chi connectivity index (χ2v) is 7.88. The molecule has 33 heavy (non-hydrogen) atoms. The van der Waals surface area contributed by atoms with Gasteiger partial charge in [-0.05, 0) is 17.5 Å². The lowest BCUT2D eigenvalue weighted by atomic mass is 10.0. The lowest BCUT2D eigenvalue weighted by Gasteiger charge is -2.22. The van der Waals surface area contributed by atoms with Crippen LogP contribution in [0.3, 0.4) is 0 Å². The summed E-state index contributed by atoms with van der Waals surface area (Å²) in [5.74, 6) is -0.952. The molecular formula is C26H34N2O5. The Bertz CT molecular complexity index is 858. The number of unbranched alkanes of at least 4 members (excludes halogenated alkanes) is 3. The van der Waals surface area contributed by atoms with Crippen molar-refractivity contribution in [2.75, 3.05) is 7.11 Å². The van der Waals surface area contributed by atoms with Crippen LogP contribution in [0.2, 0.25) is 0 Å². The molecule has 0 aliphatic rings. The molecular weight excluding hydrogens is 420 g/mol. The largest absolute Gasteiger partial charge is 0.467 e. The van der Waals surface area contributed by atoms with Gasteiger partial charge in [-0.3, -0.25) is 4.79 Å². The number of nitrogens with one attached hydrogen (secondary N) is 2. The van der Waals surface area contributed by atoms with Gasteiger partial charge in [0.15, 0.2) is 0 Å². The fourth-order valence-electron chi connectivity index (χ4n) is 3.40. The van der Waals surface area contributed by atoms with Crippen molar-refractivity contribution in [3.05, 3.63) is 71.8 Å². The zero-order valence-corrected chi connectivity index (χ0v) is 19.4. The summed E-state index contributed by atoms with van der Waals surface area (Å²) in [6.07, 6.45) is 3.94. The number of ether oxygens (including phenoxy) is 2. The van der Waals surface area contributed by atoms with E-state index in [1.165, 1.54) is 7.11 Å². The molecule has 0 aliphatic carbocycles. The lowest BCUT2D eigenvalue weighted by molar-refractivity contribution is -0.145. The number of benzene rings is 2. The van der Waals surface area contributed by atoms with Crippen LogP contribution in [-0.2, 0) is 32.1 Å². The van der Waals surface area contributed by atoms with Crippen LogP contribution in [0.4, 0.5) is 4.79 Å². The predicted octanol–water partition coefficient (Wildman–Crippen LogP) is 4.15. The van der Waals surface area contributed by atoms with Crippen molar-refractivity contribution in [3.63, 3.8) is 0 Å². The molecule has 2 amide bonds. The highest BCUT2D eigenvalue weighted by atomic mass is 16.5. The summed E-state index contributed by atoms with van der Waals surface area (Å²) in [4.78, 5) is 37.7. The average Bonchev–Trinajstić information content (AvgIpc) is 2.85. The fourth-order valence-corrected chi connectivity index (χ4v) is 3.40. The van der Waals surface area contributed by atoms with Crippen LogP contribution in [-0.4, -0.2) is 37.2 Å². The number of methoxy groups -OCH3 is 1. The van der Waals surface area contributed by atoms with Crippen molar-refractivity contribution in [3.8, 4) is 0 Å². The van der Waals surface area contributed by atoms with Gasteiger partial charge in [0.25, 0.3) is 0 Å². The lowest BCUT2D eigenvalue weighted by Crippen LogP contribution is -2.52. The normalized spacial score (nSPS) is 12.3.